The van der Waals surface area contributed by atoms with Gasteiger partial charge < -0.3 is 14.2 Å². The van der Waals surface area contributed by atoms with Crippen LogP contribution < -0.4 is 5.56 Å². The largest absolute Gasteiger partial charge is 0.376 e. The molecule has 156 valence electrons. The van der Waals surface area contributed by atoms with Crippen LogP contribution in [0.2, 0.25) is 0 Å². The third-order valence-electron chi connectivity index (χ3n) is 6.04. The van der Waals surface area contributed by atoms with E-state index in [0.29, 0.717) is 29.1 Å². The maximum Gasteiger partial charge on any atom is 0.282 e. The van der Waals surface area contributed by atoms with Crippen LogP contribution in [0.1, 0.15) is 42.5 Å². The van der Waals surface area contributed by atoms with Gasteiger partial charge in [0.05, 0.1) is 22.9 Å². The van der Waals surface area contributed by atoms with Crippen molar-refractivity contribution < 1.29 is 9.53 Å². The van der Waals surface area contributed by atoms with Crippen molar-refractivity contribution in [3.63, 3.8) is 0 Å². The van der Waals surface area contributed by atoms with Crippen molar-refractivity contribution in [3.8, 4) is 16.9 Å². The molecule has 0 bridgehead atoms. The van der Waals surface area contributed by atoms with Crippen LogP contribution in [0.15, 0.2) is 47.5 Å². The summed E-state index contributed by atoms with van der Waals surface area (Å²) in [7, 11) is 0. The second-order valence-electron chi connectivity index (χ2n) is 8.17. The third-order valence-corrected chi connectivity index (χ3v) is 6.04. The molecule has 30 heavy (non-hydrogen) atoms. The van der Waals surface area contributed by atoms with Crippen LogP contribution in [0.25, 0.3) is 16.9 Å². The average Bonchev–Trinajstić information content (AvgIpc) is 3.42. The maximum absolute atomic E-state index is 13.4. The van der Waals surface area contributed by atoms with Crippen LogP contribution in [0, 0.1) is 0 Å². The minimum atomic E-state index is -0.203. The number of benzene rings is 1. The van der Waals surface area contributed by atoms with Crippen LogP contribution in [0.4, 0.5) is 0 Å². The Morgan fingerprint density at radius 1 is 1.07 bits per heavy atom. The predicted molar refractivity (Wildman–Crippen MR) is 113 cm³/mol. The van der Waals surface area contributed by atoms with Crippen molar-refractivity contribution in [2.45, 2.75) is 44.8 Å². The fourth-order valence-electron chi connectivity index (χ4n) is 4.46. The fourth-order valence-corrected chi connectivity index (χ4v) is 4.46. The Morgan fingerprint density at radius 3 is 2.60 bits per heavy atom. The van der Waals surface area contributed by atoms with Crippen molar-refractivity contribution >= 4 is 5.91 Å². The number of carbonyl (C=O) groups excluding carboxylic acids is 1. The van der Waals surface area contributed by atoms with Gasteiger partial charge in [-0.25, -0.2) is 0 Å². The van der Waals surface area contributed by atoms with Gasteiger partial charge in [-0.1, -0.05) is 18.2 Å². The number of piperidine rings is 1. The molecular formula is C23H26N4O3. The summed E-state index contributed by atoms with van der Waals surface area (Å²) >= 11 is 0. The lowest BCUT2D eigenvalue weighted by atomic mass is 10.1. The molecule has 0 unspecified atom stereocenters. The summed E-state index contributed by atoms with van der Waals surface area (Å²) in [5.41, 5.74) is 1.94. The Labute approximate surface area is 175 Å². The first-order valence-electron chi connectivity index (χ1n) is 10.8. The summed E-state index contributed by atoms with van der Waals surface area (Å²) in [6, 6.07) is 9.34. The van der Waals surface area contributed by atoms with Gasteiger partial charge in [0.1, 0.15) is 5.69 Å². The number of likely N-dealkylation sites (tertiary alicyclic amines) is 1. The van der Waals surface area contributed by atoms with Crippen molar-refractivity contribution in [2.24, 2.45) is 0 Å². The molecule has 7 heteroatoms. The zero-order chi connectivity index (χ0) is 20.5. The number of hydrogen-bond donors (Lipinski definition) is 0. The van der Waals surface area contributed by atoms with E-state index in [9.17, 15) is 9.59 Å². The van der Waals surface area contributed by atoms with Gasteiger partial charge in [0.25, 0.3) is 11.5 Å². The van der Waals surface area contributed by atoms with E-state index in [2.05, 4.69) is 5.10 Å². The lowest BCUT2D eigenvalue weighted by Crippen LogP contribution is -2.36. The van der Waals surface area contributed by atoms with Gasteiger partial charge in [0.15, 0.2) is 0 Å². The van der Waals surface area contributed by atoms with Crippen molar-refractivity contribution in [2.75, 3.05) is 19.7 Å². The van der Waals surface area contributed by atoms with Crippen LogP contribution in [0.5, 0.6) is 0 Å². The minimum absolute atomic E-state index is 0.0425. The average molecular weight is 406 g/mol. The highest BCUT2D eigenvalue weighted by Crippen LogP contribution is 2.26. The molecule has 1 atom stereocenters. The second-order valence-corrected chi connectivity index (χ2v) is 8.17. The highest BCUT2D eigenvalue weighted by atomic mass is 16.5. The zero-order valence-corrected chi connectivity index (χ0v) is 17.0. The molecule has 7 nitrogen and oxygen atoms in total. The summed E-state index contributed by atoms with van der Waals surface area (Å²) in [4.78, 5) is 28.5. The highest BCUT2D eigenvalue weighted by molar-refractivity contribution is 6.00. The number of para-hydroxylation sites is 1. The smallest absolute Gasteiger partial charge is 0.282 e. The van der Waals surface area contributed by atoms with Gasteiger partial charge in [-0.3, -0.25) is 9.59 Å². The van der Waals surface area contributed by atoms with Crippen molar-refractivity contribution in [1.82, 2.24) is 19.2 Å². The summed E-state index contributed by atoms with van der Waals surface area (Å²) in [5, 5.41) is 4.58. The predicted octanol–water partition coefficient (Wildman–Crippen LogP) is 2.94. The number of hydrogen-bond acceptors (Lipinski definition) is 4. The summed E-state index contributed by atoms with van der Waals surface area (Å²) < 4.78 is 9.11. The first-order chi connectivity index (χ1) is 14.7. The first kappa shape index (κ1) is 19.1. The molecule has 1 amide bonds. The number of aromatic nitrogens is 3. The quantitative estimate of drug-likeness (QED) is 0.668. The van der Waals surface area contributed by atoms with Gasteiger partial charge >= 0.3 is 0 Å². The molecule has 1 aromatic carbocycles. The molecule has 0 saturated carbocycles. The van der Waals surface area contributed by atoms with Crippen LogP contribution in [-0.4, -0.2) is 51.0 Å². The summed E-state index contributed by atoms with van der Waals surface area (Å²) in [6.07, 6.45) is 9.01. The van der Waals surface area contributed by atoms with Crippen LogP contribution >= 0.6 is 0 Å². The Hall–Kier alpha value is -2.93. The summed E-state index contributed by atoms with van der Waals surface area (Å²) in [5.74, 6) is -0.0425. The zero-order valence-electron chi connectivity index (χ0n) is 17.0. The van der Waals surface area contributed by atoms with Gasteiger partial charge in [0, 0.05) is 38.6 Å². The Kier molecular flexibility index (Phi) is 5.12. The fraction of sp³-hybridized carbons (Fsp3) is 0.435. The van der Waals surface area contributed by atoms with E-state index in [1.54, 1.807) is 0 Å². The van der Waals surface area contributed by atoms with Crippen molar-refractivity contribution in [1.29, 1.82) is 0 Å². The molecule has 4 aliphatic heterocycles. The molecule has 0 spiro atoms. The van der Waals surface area contributed by atoms with Crippen LogP contribution in [0.3, 0.4) is 0 Å². The Balaban J connectivity index is 1.61. The van der Waals surface area contributed by atoms with Gasteiger partial charge in [-0.15, -0.1) is 0 Å². The molecule has 2 saturated heterocycles. The van der Waals surface area contributed by atoms with E-state index in [-0.39, 0.29) is 17.6 Å². The number of pyridine rings is 1. The van der Waals surface area contributed by atoms with E-state index in [0.717, 1.165) is 51.8 Å². The molecule has 4 aliphatic rings. The molecule has 2 fully saturated rings. The Morgan fingerprint density at radius 2 is 1.87 bits per heavy atom. The van der Waals surface area contributed by atoms with Crippen molar-refractivity contribution in [3.05, 3.63) is 58.6 Å². The van der Waals surface area contributed by atoms with Crippen LogP contribution in [-0.2, 0) is 11.3 Å². The van der Waals surface area contributed by atoms with E-state index in [1.807, 2.05) is 52.2 Å². The number of fused-ring (bicyclic) bond motifs is 1. The molecule has 0 N–H and O–H groups in total. The van der Waals surface area contributed by atoms with Gasteiger partial charge in [-0.2, -0.15) is 9.78 Å². The van der Waals surface area contributed by atoms with Gasteiger partial charge in [0.2, 0.25) is 0 Å². The number of ether oxygens (including phenoxy) is 1. The van der Waals surface area contributed by atoms with E-state index >= 15 is 0 Å². The monoisotopic (exact) mass is 406 g/mol. The SMILES string of the molecule is O=C(c1cn(C[C@H]2CCCO2)cc2c(=O)n(-c3ccccc3)nc1-2)N1CCCCC1. The third kappa shape index (κ3) is 3.54. The lowest BCUT2D eigenvalue weighted by Gasteiger charge is -2.27. The minimum Gasteiger partial charge on any atom is -0.376 e. The number of amides is 1. The topological polar surface area (TPSA) is 69.4 Å². The lowest BCUT2D eigenvalue weighted by molar-refractivity contribution is 0.0721. The first-order valence-corrected chi connectivity index (χ1v) is 10.8. The number of nitrogens with zero attached hydrogens (tertiary/aromatic N) is 4. The molecule has 0 aliphatic carbocycles. The molecular weight excluding hydrogens is 380 g/mol. The van der Waals surface area contributed by atoms with E-state index < -0.39 is 0 Å². The summed E-state index contributed by atoms with van der Waals surface area (Å²) in [6.45, 7) is 2.91. The molecule has 5 rings (SSSR count). The number of carbonyl (C=O) groups is 1. The maximum atomic E-state index is 13.4. The standard InChI is InChI=1S/C23H26N4O3/c28-22(26-11-5-2-6-12-26)19-15-25(14-18-10-7-13-30-18)16-20-21(19)24-27(23(20)29)17-8-3-1-4-9-17/h1,3-4,8-9,15-16,18H,2,5-7,10-14H2/t18-/m1/s1. The van der Waals surface area contributed by atoms with E-state index in [4.69, 9.17) is 4.74 Å². The Bertz CT molecular complexity index is 1060. The molecule has 1 aromatic rings. The van der Waals surface area contributed by atoms with Gasteiger partial charge in [-0.05, 0) is 44.2 Å². The number of rotatable bonds is 4. The molecule has 0 radical (unpaired) electrons. The highest BCUT2D eigenvalue weighted by Gasteiger charge is 2.28. The normalized spacial score (nSPS) is 19.5. The molecule has 4 heterocycles. The van der Waals surface area contributed by atoms with E-state index in [1.165, 1.54) is 4.68 Å². The second kappa shape index (κ2) is 8.07. The molecule has 0 aromatic heterocycles.